The zero-order valence-electron chi connectivity index (χ0n) is 14.0. The van der Waals surface area contributed by atoms with E-state index >= 15 is 0 Å². The molecule has 0 saturated carbocycles. The number of hydrogen-bond acceptors (Lipinski definition) is 4. The maximum Gasteiger partial charge on any atom is 0.228 e. The maximum absolute atomic E-state index is 12.1. The second-order valence-corrected chi connectivity index (χ2v) is 4.96. The number of carbonyl (C=O) groups is 1. The molecule has 1 N–H and O–H groups in total. The molecule has 126 valence electrons. The summed E-state index contributed by atoms with van der Waals surface area (Å²) in [6.45, 7) is 0. The number of benzene rings is 2. The van der Waals surface area contributed by atoms with Gasteiger partial charge >= 0.3 is 0 Å². The van der Waals surface area contributed by atoms with E-state index in [1.807, 2.05) is 36.4 Å². The molecule has 0 aliphatic carbocycles. The first-order chi connectivity index (χ1) is 11.7. The largest absolute Gasteiger partial charge is 0.497 e. The van der Waals surface area contributed by atoms with Crippen LogP contribution in [0.5, 0.6) is 17.2 Å². The molecule has 2 aromatic rings. The third kappa shape index (κ3) is 4.52. The van der Waals surface area contributed by atoms with Crippen LogP contribution in [-0.4, -0.2) is 27.2 Å². The molecule has 0 bridgehead atoms. The first-order valence-corrected chi connectivity index (χ1v) is 7.49. The average Bonchev–Trinajstić information content (AvgIpc) is 2.62. The van der Waals surface area contributed by atoms with Crippen molar-refractivity contribution >= 4 is 17.7 Å². The van der Waals surface area contributed by atoms with Gasteiger partial charge in [-0.25, -0.2) is 0 Å². The van der Waals surface area contributed by atoms with Gasteiger partial charge in [-0.05, 0) is 30.3 Å². The topological polar surface area (TPSA) is 56.8 Å². The number of hydrogen-bond donors (Lipinski definition) is 1. The minimum atomic E-state index is -0.127. The Balaban J connectivity index is 2.02. The molecule has 1 amide bonds. The number of methoxy groups -OCH3 is 3. The summed E-state index contributed by atoms with van der Waals surface area (Å²) in [4.78, 5) is 12.1. The molecule has 0 aliphatic heterocycles. The fraction of sp³-hybridized carbons (Fsp3) is 0.211. The van der Waals surface area contributed by atoms with Gasteiger partial charge in [0.25, 0.3) is 0 Å². The third-order valence-corrected chi connectivity index (χ3v) is 3.42. The van der Waals surface area contributed by atoms with Gasteiger partial charge in [-0.15, -0.1) is 0 Å². The fourth-order valence-corrected chi connectivity index (χ4v) is 2.21. The van der Waals surface area contributed by atoms with Crippen LogP contribution in [0.1, 0.15) is 12.0 Å². The van der Waals surface area contributed by atoms with Crippen LogP contribution >= 0.6 is 0 Å². The van der Waals surface area contributed by atoms with Gasteiger partial charge in [-0.1, -0.05) is 24.3 Å². The lowest BCUT2D eigenvalue weighted by molar-refractivity contribution is -0.115. The van der Waals surface area contributed by atoms with Gasteiger partial charge < -0.3 is 19.5 Å². The van der Waals surface area contributed by atoms with Crippen molar-refractivity contribution in [3.8, 4) is 17.2 Å². The second kappa shape index (κ2) is 8.62. The summed E-state index contributed by atoms with van der Waals surface area (Å²) in [5.74, 6) is 1.95. The van der Waals surface area contributed by atoms with Gasteiger partial charge in [0, 0.05) is 12.0 Å². The molecule has 0 heterocycles. The number of amides is 1. The molecule has 5 heteroatoms. The number of carbonyl (C=O) groups excluding carboxylic acids is 1. The Morgan fingerprint density at radius 3 is 2.46 bits per heavy atom. The molecule has 0 atom stereocenters. The van der Waals surface area contributed by atoms with Crippen LogP contribution in [0.4, 0.5) is 5.69 Å². The molecule has 2 aromatic carbocycles. The molecule has 0 unspecified atom stereocenters. The van der Waals surface area contributed by atoms with Gasteiger partial charge in [0.05, 0.1) is 27.0 Å². The second-order valence-electron chi connectivity index (χ2n) is 4.96. The zero-order chi connectivity index (χ0) is 17.4. The van der Waals surface area contributed by atoms with E-state index in [0.29, 0.717) is 11.4 Å². The Morgan fingerprint density at radius 1 is 1.00 bits per heavy atom. The van der Waals surface area contributed by atoms with E-state index in [0.717, 1.165) is 17.1 Å². The Morgan fingerprint density at radius 2 is 1.75 bits per heavy atom. The lowest BCUT2D eigenvalue weighted by Crippen LogP contribution is -2.10. The van der Waals surface area contributed by atoms with Crippen LogP contribution in [0, 0.1) is 0 Å². The molecular weight excluding hydrogens is 306 g/mol. The van der Waals surface area contributed by atoms with Crippen LogP contribution in [0.25, 0.3) is 6.08 Å². The maximum atomic E-state index is 12.1. The van der Waals surface area contributed by atoms with Crippen molar-refractivity contribution in [2.24, 2.45) is 0 Å². The van der Waals surface area contributed by atoms with Crippen molar-refractivity contribution < 1.29 is 19.0 Å². The third-order valence-electron chi connectivity index (χ3n) is 3.42. The van der Waals surface area contributed by atoms with Crippen molar-refractivity contribution in [3.05, 3.63) is 54.1 Å². The summed E-state index contributed by atoms with van der Waals surface area (Å²) in [5.41, 5.74) is 1.50. The minimum absolute atomic E-state index is 0.127. The van der Waals surface area contributed by atoms with Crippen molar-refractivity contribution in [3.63, 3.8) is 0 Å². The molecular formula is C19H21NO4. The summed E-state index contributed by atoms with van der Waals surface area (Å²) in [6.07, 6.45) is 3.85. The predicted octanol–water partition coefficient (Wildman–Crippen LogP) is 3.75. The van der Waals surface area contributed by atoms with Gasteiger partial charge in [-0.3, -0.25) is 4.79 Å². The molecule has 0 fully saturated rings. The monoisotopic (exact) mass is 327 g/mol. The zero-order valence-corrected chi connectivity index (χ0v) is 14.0. The lowest BCUT2D eigenvalue weighted by atomic mass is 10.1. The first kappa shape index (κ1) is 17.4. The normalized spacial score (nSPS) is 10.5. The van der Waals surface area contributed by atoms with E-state index in [1.165, 1.54) is 0 Å². The predicted molar refractivity (Wildman–Crippen MR) is 94.8 cm³/mol. The lowest BCUT2D eigenvalue weighted by Gasteiger charge is -2.09. The van der Waals surface area contributed by atoms with Crippen LogP contribution in [-0.2, 0) is 4.79 Å². The van der Waals surface area contributed by atoms with E-state index in [1.54, 1.807) is 39.5 Å². The molecule has 0 aliphatic rings. The van der Waals surface area contributed by atoms with Crippen LogP contribution < -0.4 is 19.5 Å². The highest BCUT2D eigenvalue weighted by Crippen LogP contribution is 2.26. The molecule has 2 rings (SSSR count). The van der Waals surface area contributed by atoms with Crippen LogP contribution in [0.2, 0.25) is 0 Å². The van der Waals surface area contributed by atoms with E-state index in [4.69, 9.17) is 14.2 Å². The average molecular weight is 327 g/mol. The Bertz CT molecular complexity index is 725. The van der Waals surface area contributed by atoms with Crippen molar-refractivity contribution in [1.29, 1.82) is 0 Å². The quantitative estimate of drug-likeness (QED) is 0.841. The van der Waals surface area contributed by atoms with Crippen LogP contribution in [0.15, 0.2) is 48.5 Å². The Kier molecular flexibility index (Phi) is 6.25. The highest BCUT2D eigenvalue weighted by Gasteiger charge is 2.06. The highest BCUT2D eigenvalue weighted by atomic mass is 16.5. The van der Waals surface area contributed by atoms with Crippen LogP contribution in [0.3, 0.4) is 0 Å². The summed E-state index contributed by atoms with van der Waals surface area (Å²) in [7, 11) is 4.78. The van der Waals surface area contributed by atoms with Crippen molar-refractivity contribution in [1.82, 2.24) is 0 Å². The van der Waals surface area contributed by atoms with Gasteiger partial charge in [0.1, 0.15) is 17.2 Å². The smallest absolute Gasteiger partial charge is 0.228 e. The number of nitrogens with one attached hydrogen (secondary N) is 1. The number of ether oxygens (including phenoxy) is 3. The van der Waals surface area contributed by atoms with E-state index < -0.39 is 0 Å². The minimum Gasteiger partial charge on any atom is -0.497 e. The number of para-hydroxylation sites is 2. The standard InChI is InChI=1S/C19H21NO4/c1-22-15-11-12-17(23-2)14(13-15)7-6-10-19(21)20-16-8-4-5-9-18(16)24-3/h4-9,11-13H,10H2,1-3H3,(H,20,21)/b7-6-. The summed E-state index contributed by atoms with van der Waals surface area (Å²) < 4.78 is 15.7. The van der Waals surface area contributed by atoms with Crippen molar-refractivity contribution in [2.45, 2.75) is 6.42 Å². The van der Waals surface area contributed by atoms with Gasteiger partial charge in [-0.2, -0.15) is 0 Å². The summed E-state index contributed by atoms with van der Waals surface area (Å²) in [5, 5.41) is 2.83. The molecule has 5 nitrogen and oxygen atoms in total. The molecule has 0 spiro atoms. The molecule has 24 heavy (non-hydrogen) atoms. The fourth-order valence-electron chi connectivity index (χ4n) is 2.21. The number of rotatable bonds is 7. The Hall–Kier alpha value is -2.95. The summed E-state index contributed by atoms with van der Waals surface area (Å²) in [6, 6.07) is 12.8. The molecule has 0 aromatic heterocycles. The summed E-state index contributed by atoms with van der Waals surface area (Å²) >= 11 is 0. The molecule has 0 saturated heterocycles. The van der Waals surface area contributed by atoms with Crippen molar-refractivity contribution in [2.75, 3.05) is 26.6 Å². The first-order valence-electron chi connectivity index (χ1n) is 7.49. The SMILES string of the molecule is COc1ccc(OC)c(/C=C\CC(=O)Nc2ccccc2OC)c1. The number of anilines is 1. The van der Waals surface area contributed by atoms with E-state index in [-0.39, 0.29) is 12.3 Å². The highest BCUT2D eigenvalue weighted by molar-refractivity contribution is 5.93. The van der Waals surface area contributed by atoms with Gasteiger partial charge in [0.15, 0.2) is 0 Å². The van der Waals surface area contributed by atoms with E-state index in [2.05, 4.69) is 5.32 Å². The van der Waals surface area contributed by atoms with E-state index in [9.17, 15) is 4.79 Å². The van der Waals surface area contributed by atoms with Gasteiger partial charge in [0.2, 0.25) is 5.91 Å². The molecule has 0 radical (unpaired) electrons. The Labute approximate surface area is 141 Å².